The van der Waals surface area contributed by atoms with Crippen molar-refractivity contribution in [3.8, 4) is 57.1 Å². The molecule has 0 N–H and O–H groups in total. The number of rotatable bonds is 20. The molecule has 462 valence electrons. The van der Waals surface area contributed by atoms with E-state index in [1.54, 1.807) is 56.9 Å². The van der Waals surface area contributed by atoms with Crippen molar-refractivity contribution in [1.82, 2.24) is 0 Å². The van der Waals surface area contributed by atoms with E-state index in [0.717, 1.165) is 136 Å². The van der Waals surface area contributed by atoms with Crippen molar-refractivity contribution in [3.63, 3.8) is 0 Å². The summed E-state index contributed by atoms with van der Waals surface area (Å²) in [7, 11) is 13.6. The van der Waals surface area contributed by atoms with Crippen LogP contribution >= 0.6 is 0 Å². The van der Waals surface area contributed by atoms with E-state index in [0.29, 0.717) is 6.42 Å². The SMILES string of the molecule is COc1ccc(N(c2ccc(OC)cc2)c2ccc3c(c2)C2(C4=C3C=CC(N(c3ccc(OC)cc3)c3ccc(OC)cc3)(N(c3ccc(OC)cc3)c3ccc(OC)cc3)C4)c3ccccc3-c3ccc(N(c4ccc(OC)cc4)c4ccc(OC)cc4)cc32)cc1. The van der Waals surface area contributed by atoms with Crippen LogP contribution in [-0.4, -0.2) is 62.5 Å². The van der Waals surface area contributed by atoms with Gasteiger partial charge in [-0.15, -0.1) is 0 Å². The number of nitrogens with zero attached hydrogens (tertiary/aromatic N) is 4. The highest BCUT2D eigenvalue weighted by molar-refractivity contribution is 6.00. The van der Waals surface area contributed by atoms with Crippen molar-refractivity contribution in [1.29, 1.82) is 0 Å². The first-order valence-electron chi connectivity index (χ1n) is 30.8. The molecule has 0 heterocycles. The Hall–Kier alpha value is -11.5. The smallest absolute Gasteiger partial charge is 0.145 e. The van der Waals surface area contributed by atoms with Crippen LogP contribution < -0.4 is 57.5 Å². The minimum absolute atomic E-state index is 0.443. The van der Waals surface area contributed by atoms with E-state index in [4.69, 9.17) is 37.9 Å². The summed E-state index contributed by atoms with van der Waals surface area (Å²) in [6, 6.07) is 89.7. The fourth-order valence-electron chi connectivity index (χ4n) is 14.1. The van der Waals surface area contributed by atoms with Crippen molar-refractivity contribution in [3.05, 3.63) is 295 Å². The van der Waals surface area contributed by atoms with Gasteiger partial charge in [-0.05, 0) is 269 Å². The highest BCUT2D eigenvalue weighted by Gasteiger charge is 2.58. The van der Waals surface area contributed by atoms with E-state index in [1.165, 1.54) is 11.1 Å². The molecule has 0 radical (unpaired) electrons. The number of anilines is 10. The molecule has 11 aromatic rings. The van der Waals surface area contributed by atoms with Crippen LogP contribution in [0.25, 0.3) is 16.7 Å². The Labute approximate surface area is 543 Å². The molecular weight excluding hydrogens is 1160 g/mol. The Morgan fingerprint density at radius 2 is 0.538 bits per heavy atom. The van der Waals surface area contributed by atoms with E-state index in [1.807, 2.05) is 97.1 Å². The van der Waals surface area contributed by atoms with Gasteiger partial charge in [0.2, 0.25) is 0 Å². The molecule has 1 atom stereocenters. The molecule has 1 unspecified atom stereocenters. The maximum atomic E-state index is 5.90. The number of allylic oxidation sites excluding steroid dienone is 2. The van der Waals surface area contributed by atoms with Crippen LogP contribution in [0, 0.1) is 0 Å². The summed E-state index contributed by atoms with van der Waals surface area (Å²) in [5, 5.41) is 0. The molecule has 14 rings (SSSR count). The minimum Gasteiger partial charge on any atom is -0.497 e. The summed E-state index contributed by atoms with van der Waals surface area (Å²) < 4.78 is 46.6. The molecule has 12 heteroatoms. The monoisotopic (exact) mass is 1230 g/mol. The Kier molecular flexibility index (Phi) is 15.7. The molecule has 0 fully saturated rings. The standard InChI is InChI=1S/C81H70N4O8/c1-86-64-31-13-54(14-32-64)82(55-15-33-65(87-2)34-16-55)62-29-47-73-72-11-9-10-12-76(72)81(77(73)51-62)78-52-63(83(56-17-35-66(88-3)36-18-56)57-19-37-67(89-4)38-20-57)30-48-74(78)75-49-50-80(53-79(75)81,84(58-21-39-68(90-5)40-22-58)59-23-41-69(91-6)42-24-59)85(60-25-43-70(92-7)44-26-60)61-27-45-71(93-8)46-28-61/h9-52H,53H2,1-8H3. The summed E-state index contributed by atoms with van der Waals surface area (Å²) in [6.07, 6.45) is 5.25. The maximum Gasteiger partial charge on any atom is 0.145 e. The van der Waals surface area contributed by atoms with Gasteiger partial charge in [0.1, 0.15) is 51.7 Å². The van der Waals surface area contributed by atoms with E-state index in [2.05, 4.69) is 189 Å². The summed E-state index contributed by atoms with van der Waals surface area (Å²) in [5.74, 6) is 6.00. The maximum absolute atomic E-state index is 5.90. The molecule has 93 heavy (non-hydrogen) atoms. The second kappa shape index (κ2) is 24.7. The molecule has 11 aromatic carbocycles. The first-order chi connectivity index (χ1) is 45.7. The quantitative estimate of drug-likeness (QED) is 0.0681. The van der Waals surface area contributed by atoms with Gasteiger partial charge in [-0.25, -0.2) is 0 Å². The van der Waals surface area contributed by atoms with E-state index in [9.17, 15) is 0 Å². The van der Waals surface area contributed by atoms with Gasteiger partial charge in [0, 0.05) is 63.3 Å². The van der Waals surface area contributed by atoms with Gasteiger partial charge in [0.25, 0.3) is 0 Å². The zero-order valence-electron chi connectivity index (χ0n) is 53.2. The lowest BCUT2D eigenvalue weighted by atomic mass is 9.66. The molecular formula is C81H70N4O8. The van der Waals surface area contributed by atoms with E-state index >= 15 is 0 Å². The average Bonchev–Trinajstić information content (AvgIpc) is 1.52. The largest absolute Gasteiger partial charge is 0.497 e. The lowest BCUT2D eigenvalue weighted by molar-refractivity contribution is 0.414. The molecule has 0 bridgehead atoms. The molecule has 0 aliphatic heterocycles. The van der Waals surface area contributed by atoms with Gasteiger partial charge in [-0.2, -0.15) is 0 Å². The van der Waals surface area contributed by atoms with Crippen molar-refractivity contribution >= 4 is 62.4 Å². The Morgan fingerprint density at radius 3 is 0.860 bits per heavy atom. The summed E-state index contributed by atoms with van der Waals surface area (Å²) in [4.78, 5) is 9.60. The van der Waals surface area contributed by atoms with Crippen LogP contribution in [0.15, 0.2) is 273 Å². The number of fused-ring (bicyclic) bond motifs is 9. The summed E-state index contributed by atoms with van der Waals surface area (Å²) >= 11 is 0. The Bertz CT molecular complexity index is 4270. The second-order valence-corrected chi connectivity index (χ2v) is 23.0. The predicted octanol–water partition coefficient (Wildman–Crippen LogP) is 19.1. The highest BCUT2D eigenvalue weighted by Crippen LogP contribution is 2.67. The van der Waals surface area contributed by atoms with E-state index in [-0.39, 0.29) is 0 Å². The average molecular weight is 1230 g/mol. The number of methoxy groups -OCH3 is 8. The topological polar surface area (TPSA) is 86.8 Å². The van der Waals surface area contributed by atoms with Crippen LogP contribution in [0.4, 0.5) is 56.9 Å². The third-order valence-electron chi connectivity index (χ3n) is 18.4. The van der Waals surface area contributed by atoms with Crippen molar-refractivity contribution in [2.75, 3.05) is 76.5 Å². The zero-order valence-corrected chi connectivity index (χ0v) is 53.2. The molecule has 3 aliphatic carbocycles. The molecule has 0 aromatic heterocycles. The minimum atomic E-state index is -1.12. The van der Waals surface area contributed by atoms with E-state index < -0.39 is 11.1 Å². The lowest BCUT2D eigenvalue weighted by Gasteiger charge is -2.54. The third kappa shape index (κ3) is 10.2. The second-order valence-electron chi connectivity index (χ2n) is 23.0. The van der Waals surface area contributed by atoms with Gasteiger partial charge < -0.3 is 57.5 Å². The van der Waals surface area contributed by atoms with Crippen LogP contribution in [0.3, 0.4) is 0 Å². The van der Waals surface area contributed by atoms with Gasteiger partial charge in [-0.1, -0.05) is 42.5 Å². The fourth-order valence-corrected chi connectivity index (χ4v) is 14.1. The van der Waals surface area contributed by atoms with Crippen LogP contribution in [0.5, 0.6) is 46.0 Å². The van der Waals surface area contributed by atoms with Gasteiger partial charge in [-0.3, -0.25) is 0 Å². The van der Waals surface area contributed by atoms with Crippen molar-refractivity contribution in [2.45, 2.75) is 17.5 Å². The molecule has 12 nitrogen and oxygen atoms in total. The van der Waals surface area contributed by atoms with Crippen LogP contribution in [0.1, 0.15) is 28.7 Å². The van der Waals surface area contributed by atoms with Crippen LogP contribution in [0.2, 0.25) is 0 Å². The van der Waals surface area contributed by atoms with Crippen molar-refractivity contribution in [2.24, 2.45) is 0 Å². The first kappa shape index (κ1) is 59.1. The Balaban J connectivity index is 1.09. The lowest BCUT2D eigenvalue weighted by Crippen LogP contribution is -2.58. The zero-order chi connectivity index (χ0) is 63.8. The van der Waals surface area contributed by atoms with Gasteiger partial charge >= 0.3 is 0 Å². The number of benzene rings is 11. The molecule has 1 spiro atoms. The molecule has 0 saturated heterocycles. The number of hydrogen-bond acceptors (Lipinski definition) is 12. The van der Waals surface area contributed by atoms with Crippen LogP contribution in [-0.2, 0) is 5.41 Å². The van der Waals surface area contributed by atoms with Crippen molar-refractivity contribution < 1.29 is 37.9 Å². The predicted molar refractivity (Wildman–Crippen MR) is 373 cm³/mol. The molecule has 0 amide bonds. The molecule has 0 saturated carbocycles. The highest BCUT2D eigenvalue weighted by atomic mass is 16.5. The van der Waals surface area contributed by atoms with Gasteiger partial charge in [0.15, 0.2) is 0 Å². The number of hydrogen-bond donors (Lipinski definition) is 0. The number of ether oxygens (including phenoxy) is 8. The normalized spacial score (nSPS) is 14.5. The fraction of sp³-hybridized carbons (Fsp3) is 0.136. The Morgan fingerprint density at radius 1 is 0.269 bits per heavy atom. The van der Waals surface area contributed by atoms with Gasteiger partial charge in [0.05, 0.1) is 62.3 Å². The first-order valence-corrected chi connectivity index (χ1v) is 30.8. The summed E-state index contributed by atoms with van der Waals surface area (Å²) in [6.45, 7) is 0. The molecule has 3 aliphatic rings. The summed E-state index contributed by atoms with van der Waals surface area (Å²) in [5.41, 5.74) is 16.6. The third-order valence-corrected chi connectivity index (χ3v) is 18.4.